The first-order valence-electron chi connectivity index (χ1n) is 6.03. The molecule has 0 aromatic heterocycles. The summed E-state index contributed by atoms with van der Waals surface area (Å²) in [5.74, 6) is 0.246. The van der Waals surface area contributed by atoms with Crippen LogP contribution in [0.4, 0.5) is 5.69 Å². The summed E-state index contributed by atoms with van der Waals surface area (Å²) in [5, 5.41) is 19.7. The number of rotatable bonds is 7. The lowest BCUT2D eigenvalue weighted by Gasteiger charge is -2.18. The molecule has 6 nitrogen and oxygen atoms in total. The smallest absolute Gasteiger partial charge is 0.311 e. The van der Waals surface area contributed by atoms with E-state index in [4.69, 9.17) is 10.00 Å². The normalized spacial score (nSPS) is 10.2. The first-order valence-corrected chi connectivity index (χ1v) is 6.03. The third-order valence-electron chi connectivity index (χ3n) is 2.68. The molecule has 19 heavy (non-hydrogen) atoms. The Bertz CT molecular complexity index is 483. The monoisotopic (exact) mass is 263 g/mol. The summed E-state index contributed by atoms with van der Waals surface area (Å²) in [7, 11) is 1.40. The summed E-state index contributed by atoms with van der Waals surface area (Å²) in [4.78, 5) is 12.4. The van der Waals surface area contributed by atoms with Gasteiger partial charge < -0.3 is 4.74 Å². The maximum absolute atomic E-state index is 10.9. The van der Waals surface area contributed by atoms with Gasteiger partial charge in [0.25, 0.3) is 0 Å². The summed E-state index contributed by atoms with van der Waals surface area (Å²) in [6.07, 6.45) is 0.930. The van der Waals surface area contributed by atoms with Crippen LogP contribution in [0.2, 0.25) is 0 Å². The number of nitro groups is 1. The van der Waals surface area contributed by atoms with Crippen LogP contribution in [0.3, 0.4) is 0 Å². The van der Waals surface area contributed by atoms with Gasteiger partial charge in [0, 0.05) is 12.6 Å². The zero-order chi connectivity index (χ0) is 14.3. The fourth-order valence-corrected chi connectivity index (χ4v) is 1.87. The lowest BCUT2D eigenvalue weighted by atomic mass is 10.1. The number of benzene rings is 1. The molecule has 0 saturated heterocycles. The Balaban J connectivity index is 2.92. The number of ether oxygens (including phenoxy) is 1. The van der Waals surface area contributed by atoms with Crippen molar-refractivity contribution in [1.29, 1.82) is 5.26 Å². The highest BCUT2D eigenvalue weighted by Gasteiger charge is 2.16. The molecular weight excluding hydrogens is 246 g/mol. The summed E-state index contributed by atoms with van der Waals surface area (Å²) < 4.78 is 4.95. The van der Waals surface area contributed by atoms with Crippen molar-refractivity contribution in [2.75, 3.05) is 20.2 Å². The summed E-state index contributed by atoms with van der Waals surface area (Å²) in [5.41, 5.74) is 0.754. The van der Waals surface area contributed by atoms with Crippen molar-refractivity contribution in [1.82, 2.24) is 4.90 Å². The summed E-state index contributed by atoms with van der Waals surface area (Å²) >= 11 is 0. The molecule has 0 radical (unpaired) electrons. The lowest BCUT2D eigenvalue weighted by Crippen LogP contribution is -2.24. The number of hydrogen-bond donors (Lipinski definition) is 0. The van der Waals surface area contributed by atoms with Crippen LogP contribution in [0.5, 0.6) is 5.75 Å². The molecule has 0 aliphatic carbocycles. The molecule has 0 heterocycles. The van der Waals surface area contributed by atoms with E-state index >= 15 is 0 Å². The zero-order valence-electron chi connectivity index (χ0n) is 11.1. The van der Waals surface area contributed by atoms with Gasteiger partial charge in [-0.2, -0.15) is 5.26 Å². The van der Waals surface area contributed by atoms with Crippen LogP contribution in [0.1, 0.15) is 18.9 Å². The predicted octanol–water partition coefficient (Wildman–Crippen LogP) is 2.34. The Morgan fingerprint density at radius 3 is 2.79 bits per heavy atom. The number of methoxy groups -OCH3 is 1. The van der Waals surface area contributed by atoms with Crippen molar-refractivity contribution in [2.24, 2.45) is 0 Å². The standard InChI is InChI=1S/C13H17N3O3/c1-3-7-15(8-6-14)10-11-4-5-13(19-2)12(9-11)16(17)18/h4-5,9H,3,7-8,10H2,1-2H3. The van der Waals surface area contributed by atoms with Gasteiger partial charge in [0.1, 0.15) is 0 Å². The minimum absolute atomic E-state index is 0.0478. The van der Waals surface area contributed by atoms with Crippen LogP contribution in [-0.4, -0.2) is 30.0 Å². The quantitative estimate of drug-likeness (QED) is 0.428. The Morgan fingerprint density at radius 1 is 1.53 bits per heavy atom. The van der Waals surface area contributed by atoms with Crippen molar-refractivity contribution in [3.8, 4) is 11.8 Å². The molecule has 0 aliphatic rings. The molecule has 1 rings (SSSR count). The van der Waals surface area contributed by atoms with Crippen LogP contribution >= 0.6 is 0 Å². The van der Waals surface area contributed by atoms with E-state index in [0.29, 0.717) is 13.1 Å². The van der Waals surface area contributed by atoms with Crippen molar-refractivity contribution in [3.05, 3.63) is 33.9 Å². The van der Waals surface area contributed by atoms with Crippen molar-refractivity contribution in [2.45, 2.75) is 19.9 Å². The van der Waals surface area contributed by atoms with Gasteiger partial charge in [-0.1, -0.05) is 13.0 Å². The topological polar surface area (TPSA) is 79.4 Å². The first-order chi connectivity index (χ1) is 9.12. The molecule has 0 spiro atoms. The second-order valence-corrected chi connectivity index (χ2v) is 4.13. The second kappa shape index (κ2) is 7.34. The van der Waals surface area contributed by atoms with E-state index in [2.05, 4.69) is 6.07 Å². The van der Waals surface area contributed by atoms with Crippen molar-refractivity contribution >= 4 is 5.69 Å². The highest BCUT2D eigenvalue weighted by Crippen LogP contribution is 2.27. The molecule has 0 atom stereocenters. The summed E-state index contributed by atoms with van der Waals surface area (Å²) in [6.45, 7) is 3.65. The Hall–Kier alpha value is -2.13. The van der Waals surface area contributed by atoms with E-state index in [1.54, 1.807) is 12.1 Å². The molecule has 1 aromatic carbocycles. The third kappa shape index (κ3) is 4.23. The maximum atomic E-state index is 10.9. The largest absolute Gasteiger partial charge is 0.490 e. The van der Waals surface area contributed by atoms with Gasteiger partial charge in [-0.15, -0.1) is 0 Å². The van der Waals surface area contributed by atoms with Crippen molar-refractivity contribution < 1.29 is 9.66 Å². The van der Waals surface area contributed by atoms with Gasteiger partial charge in [0.15, 0.2) is 5.75 Å². The van der Waals surface area contributed by atoms with Crippen LogP contribution < -0.4 is 4.74 Å². The molecule has 0 bridgehead atoms. The van der Waals surface area contributed by atoms with Gasteiger partial charge in [0.2, 0.25) is 0 Å². The Labute approximate surface area is 112 Å². The van der Waals surface area contributed by atoms with Crippen LogP contribution in [0.25, 0.3) is 0 Å². The first kappa shape index (κ1) is 14.9. The van der Waals surface area contributed by atoms with Crippen LogP contribution in [-0.2, 0) is 6.54 Å². The molecule has 102 valence electrons. The van der Waals surface area contributed by atoms with Crippen LogP contribution in [0, 0.1) is 21.4 Å². The second-order valence-electron chi connectivity index (χ2n) is 4.13. The number of hydrogen-bond acceptors (Lipinski definition) is 5. The number of nitro benzene ring substituents is 1. The lowest BCUT2D eigenvalue weighted by molar-refractivity contribution is -0.385. The van der Waals surface area contributed by atoms with E-state index in [-0.39, 0.29) is 11.4 Å². The summed E-state index contributed by atoms with van der Waals surface area (Å²) in [6, 6.07) is 6.97. The minimum Gasteiger partial charge on any atom is -0.490 e. The molecule has 0 amide bonds. The molecule has 0 aliphatic heterocycles. The molecule has 6 heteroatoms. The fraction of sp³-hybridized carbons (Fsp3) is 0.462. The Kier molecular flexibility index (Phi) is 5.76. The van der Waals surface area contributed by atoms with Gasteiger partial charge >= 0.3 is 5.69 Å². The van der Waals surface area contributed by atoms with Crippen molar-refractivity contribution in [3.63, 3.8) is 0 Å². The van der Waals surface area contributed by atoms with Gasteiger partial charge in [-0.25, -0.2) is 0 Å². The Morgan fingerprint density at radius 2 is 2.26 bits per heavy atom. The SMILES string of the molecule is CCCN(CC#N)Cc1ccc(OC)c([N+](=O)[O-])c1. The molecule has 0 fully saturated rings. The highest BCUT2D eigenvalue weighted by atomic mass is 16.6. The third-order valence-corrected chi connectivity index (χ3v) is 2.68. The predicted molar refractivity (Wildman–Crippen MR) is 70.8 cm³/mol. The van der Waals surface area contributed by atoms with E-state index in [1.165, 1.54) is 13.2 Å². The van der Waals surface area contributed by atoms with Gasteiger partial charge in [-0.3, -0.25) is 15.0 Å². The zero-order valence-corrected chi connectivity index (χ0v) is 11.1. The van der Waals surface area contributed by atoms with E-state index in [9.17, 15) is 10.1 Å². The maximum Gasteiger partial charge on any atom is 0.311 e. The van der Waals surface area contributed by atoms with E-state index < -0.39 is 4.92 Å². The minimum atomic E-state index is -0.462. The molecule has 0 unspecified atom stereocenters. The molecule has 1 aromatic rings. The van der Waals surface area contributed by atoms with Gasteiger partial charge in [0.05, 0.1) is 24.6 Å². The average molecular weight is 263 g/mol. The molecule has 0 N–H and O–H groups in total. The van der Waals surface area contributed by atoms with Crippen LogP contribution in [0.15, 0.2) is 18.2 Å². The van der Waals surface area contributed by atoms with E-state index in [1.807, 2.05) is 11.8 Å². The highest BCUT2D eigenvalue weighted by molar-refractivity contribution is 5.48. The molecular formula is C13H17N3O3. The van der Waals surface area contributed by atoms with E-state index in [0.717, 1.165) is 18.5 Å². The fourth-order valence-electron chi connectivity index (χ4n) is 1.87. The van der Waals surface area contributed by atoms with Gasteiger partial charge in [-0.05, 0) is 24.6 Å². The number of nitrogens with zero attached hydrogens (tertiary/aromatic N) is 3. The molecule has 0 saturated carbocycles. The number of nitriles is 1. The average Bonchev–Trinajstić information content (AvgIpc) is 2.39.